The molecule has 8 nitrogen and oxygen atoms in total. The Morgan fingerprint density at radius 3 is 2.12 bits per heavy atom. The van der Waals surface area contributed by atoms with Crippen LogP contribution in [-0.4, -0.2) is 60.6 Å². The standard InChI is InChI=1S/C17H20N6O2/c1-15-12-22(13-20-18-10-16-4-2-8-24-16)6-7-23(15)14-21-19-11-17-5-3-9-25-17/h2-5,8-11,13-15H,6-7,12H2,1H3/b18-10+,19-11-,20-13-,21-14+. The van der Waals surface area contributed by atoms with E-state index in [0.717, 1.165) is 19.6 Å². The van der Waals surface area contributed by atoms with Crippen LogP contribution in [0.15, 0.2) is 66.0 Å². The first kappa shape index (κ1) is 16.7. The summed E-state index contributed by atoms with van der Waals surface area (Å²) in [6.45, 7) is 4.66. The normalized spacial score (nSPS) is 19.3. The van der Waals surface area contributed by atoms with E-state index in [1.165, 1.54) is 0 Å². The van der Waals surface area contributed by atoms with Crippen LogP contribution in [0.4, 0.5) is 0 Å². The summed E-state index contributed by atoms with van der Waals surface area (Å²) in [6.07, 6.45) is 9.88. The molecule has 2 aromatic heterocycles. The van der Waals surface area contributed by atoms with Crippen LogP contribution in [0.2, 0.25) is 0 Å². The smallest absolute Gasteiger partial charge is 0.146 e. The van der Waals surface area contributed by atoms with Crippen molar-refractivity contribution in [2.45, 2.75) is 13.0 Å². The molecule has 0 saturated carbocycles. The van der Waals surface area contributed by atoms with Crippen LogP contribution in [0.5, 0.6) is 0 Å². The fourth-order valence-corrected chi connectivity index (χ4v) is 2.39. The van der Waals surface area contributed by atoms with Crippen molar-refractivity contribution < 1.29 is 8.83 Å². The summed E-state index contributed by atoms with van der Waals surface area (Å²) in [5, 5.41) is 16.1. The summed E-state index contributed by atoms with van der Waals surface area (Å²) in [5.41, 5.74) is 0. The molecule has 2 aromatic rings. The first-order valence-electron chi connectivity index (χ1n) is 8.01. The summed E-state index contributed by atoms with van der Waals surface area (Å²) in [5.74, 6) is 1.36. The second-order valence-electron chi connectivity index (χ2n) is 5.56. The molecule has 1 unspecified atom stereocenters. The molecule has 0 spiro atoms. The van der Waals surface area contributed by atoms with Gasteiger partial charge in [-0.1, -0.05) is 0 Å². The van der Waals surface area contributed by atoms with E-state index in [1.807, 2.05) is 24.3 Å². The molecule has 1 atom stereocenters. The molecule has 8 heteroatoms. The third kappa shape index (κ3) is 5.17. The topological polar surface area (TPSA) is 82.2 Å². The third-order valence-corrected chi connectivity index (χ3v) is 3.71. The minimum absolute atomic E-state index is 0.303. The Bertz CT molecular complexity index is 733. The first-order chi connectivity index (χ1) is 12.3. The molecular formula is C17H20N6O2. The summed E-state index contributed by atoms with van der Waals surface area (Å²) in [7, 11) is 0. The van der Waals surface area contributed by atoms with Crippen molar-refractivity contribution >= 4 is 25.1 Å². The van der Waals surface area contributed by atoms with Crippen molar-refractivity contribution in [1.29, 1.82) is 0 Å². The SMILES string of the molecule is CC1CN(/C=N\N=C\c2ccco2)CCN1/C=N/N=C\c1ccco1. The number of hydrogen-bond donors (Lipinski definition) is 0. The fourth-order valence-electron chi connectivity index (χ4n) is 2.39. The van der Waals surface area contributed by atoms with E-state index in [2.05, 4.69) is 37.1 Å². The molecule has 0 radical (unpaired) electrons. The van der Waals surface area contributed by atoms with Gasteiger partial charge in [0.05, 0.1) is 25.0 Å². The Morgan fingerprint density at radius 2 is 1.56 bits per heavy atom. The fraction of sp³-hybridized carbons (Fsp3) is 0.294. The second kappa shape index (κ2) is 8.62. The lowest BCUT2D eigenvalue weighted by atomic mass is 10.2. The Labute approximate surface area is 145 Å². The zero-order valence-electron chi connectivity index (χ0n) is 14.0. The summed E-state index contributed by atoms with van der Waals surface area (Å²) < 4.78 is 10.3. The maximum atomic E-state index is 5.16. The van der Waals surface area contributed by atoms with Crippen molar-refractivity contribution in [1.82, 2.24) is 9.80 Å². The highest BCUT2D eigenvalue weighted by Gasteiger charge is 2.19. The van der Waals surface area contributed by atoms with Crippen LogP contribution in [-0.2, 0) is 0 Å². The van der Waals surface area contributed by atoms with E-state index in [-0.39, 0.29) is 0 Å². The summed E-state index contributed by atoms with van der Waals surface area (Å²) in [6, 6.07) is 7.58. The van der Waals surface area contributed by atoms with E-state index in [1.54, 1.807) is 37.6 Å². The highest BCUT2D eigenvalue weighted by atomic mass is 16.3. The second-order valence-corrected chi connectivity index (χ2v) is 5.56. The van der Waals surface area contributed by atoms with E-state index in [0.29, 0.717) is 17.6 Å². The highest BCUT2D eigenvalue weighted by molar-refractivity contribution is 5.76. The van der Waals surface area contributed by atoms with Crippen LogP contribution in [0.25, 0.3) is 0 Å². The molecule has 0 amide bonds. The lowest BCUT2D eigenvalue weighted by Gasteiger charge is -2.37. The molecule has 0 bridgehead atoms. The Hall–Kier alpha value is -3.16. The van der Waals surface area contributed by atoms with Gasteiger partial charge in [-0.2, -0.15) is 10.2 Å². The van der Waals surface area contributed by atoms with Gasteiger partial charge < -0.3 is 18.6 Å². The molecule has 1 aliphatic rings. The van der Waals surface area contributed by atoms with Gasteiger partial charge in [-0.05, 0) is 31.2 Å². The van der Waals surface area contributed by atoms with Crippen LogP contribution in [0, 0.1) is 0 Å². The van der Waals surface area contributed by atoms with Crippen molar-refractivity contribution in [3.8, 4) is 0 Å². The molecule has 0 aliphatic carbocycles. The van der Waals surface area contributed by atoms with Gasteiger partial charge in [-0.25, -0.2) is 0 Å². The molecule has 1 saturated heterocycles. The van der Waals surface area contributed by atoms with Crippen LogP contribution >= 0.6 is 0 Å². The van der Waals surface area contributed by atoms with Gasteiger partial charge in [0.15, 0.2) is 0 Å². The molecule has 1 aliphatic heterocycles. The molecule has 3 rings (SSSR count). The number of rotatable bonds is 6. The van der Waals surface area contributed by atoms with E-state index < -0.39 is 0 Å². The summed E-state index contributed by atoms with van der Waals surface area (Å²) >= 11 is 0. The van der Waals surface area contributed by atoms with E-state index >= 15 is 0 Å². The summed E-state index contributed by atoms with van der Waals surface area (Å²) in [4.78, 5) is 4.27. The Morgan fingerprint density at radius 1 is 0.920 bits per heavy atom. The van der Waals surface area contributed by atoms with E-state index in [4.69, 9.17) is 8.83 Å². The maximum Gasteiger partial charge on any atom is 0.146 e. The molecule has 0 N–H and O–H groups in total. The molecule has 0 aromatic carbocycles. The monoisotopic (exact) mass is 340 g/mol. The predicted octanol–water partition coefficient (Wildman–Crippen LogP) is 2.30. The molecule has 1 fully saturated rings. The van der Waals surface area contributed by atoms with Gasteiger partial charge in [-0.3, -0.25) is 0 Å². The van der Waals surface area contributed by atoms with Gasteiger partial charge in [0.25, 0.3) is 0 Å². The van der Waals surface area contributed by atoms with Gasteiger partial charge in [0.1, 0.15) is 24.2 Å². The third-order valence-electron chi connectivity index (χ3n) is 3.71. The average Bonchev–Trinajstić information content (AvgIpc) is 3.31. The number of nitrogens with zero attached hydrogens (tertiary/aromatic N) is 6. The molecular weight excluding hydrogens is 320 g/mol. The maximum absolute atomic E-state index is 5.16. The average molecular weight is 340 g/mol. The highest BCUT2D eigenvalue weighted by Crippen LogP contribution is 2.06. The number of furan rings is 2. The van der Waals surface area contributed by atoms with Gasteiger partial charge in [-0.15, -0.1) is 10.2 Å². The molecule has 130 valence electrons. The quantitative estimate of drug-likeness (QED) is 0.459. The van der Waals surface area contributed by atoms with E-state index in [9.17, 15) is 0 Å². The van der Waals surface area contributed by atoms with Crippen molar-refractivity contribution in [2.24, 2.45) is 20.4 Å². The zero-order valence-corrected chi connectivity index (χ0v) is 14.0. The van der Waals surface area contributed by atoms with Crippen molar-refractivity contribution in [3.63, 3.8) is 0 Å². The Balaban J connectivity index is 1.44. The van der Waals surface area contributed by atoms with Crippen LogP contribution < -0.4 is 0 Å². The molecule has 3 heterocycles. The number of piperazine rings is 1. The van der Waals surface area contributed by atoms with Crippen LogP contribution in [0.1, 0.15) is 18.4 Å². The van der Waals surface area contributed by atoms with Crippen molar-refractivity contribution in [2.75, 3.05) is 19.6 Å². The number of hydrogen-bond acceptors (Lipinski definition) is 6. The van der Waals surface area contributed by atoms with Gasteiger partial charge in [0.2, 0.25) is 0 Å². The van der Waals surface area contributed by atoms with Crippen molar-refractivity contribution in [3.05, 3.63) is 48.3 Å². The van der Waals surface area contributed by atoms with Gasteiger partial charge in [0, 0.05) is 25.7 Å². The predicted molar refractivity (Wildman–Crippen MR) is 97.3 cm³/mol. The van der Waals surface area contributed by atoms with Gasteiger partial charge >= 0.3 is 0 Å². The zero-order chi connectivity index (χ0) is 17.3. The van der Waals surface area contributed by atoms with Crippen LogP contribution in [0.3, 0.4) is 0 Å². The molecule has 25 heavy (non-hydrogen) atoms. The lowest BCUT2D eigenvalue weighted by molar-refractivity contribution is 0.204. The lowest BCUT2D eigenvalue weighted by Crippen LogP contribution is -2.50. The largest absolute Gasteiger partial charge is 0.463 e. The first-order valence-corrected chi connectivity index (χ1v) is 8.01. The minimum Gasteiger partial charge on any atom is -0.463 e. The Kier molecular flexibility index (Phi) is 5.76. The minimum atomic E-state index is 0.303.